The van der Waals surface area contributed by atoms with E-state index in [-0.39, 0.29) is 0 Å². The normalized spacial score (nSPS) is 18.0. The van der Waals surface area contributed by atoms with E-state index < -0.39 is 0 Å². The molecule has 74 valence electrons. The van der Waals surface area contributed by atoms with Crippen molar-refractivity contribution in [2.45, 2.75) is 26.7 Å². The summed E-state index contributed by atoms with van der Waals surface area (Å²) in [5, 5.41) is 0. The molecule has 0 saturated carbocycles. The van der Waals surface area contributed by atoms with Gasteiger partial charge in [0.1, 0.15) is 0 Å². The third-order valence-corrected chi connectivity index (χ3v) is 2.41. The molecule has 0 aromatic rings. The highest BCUT2D eigenvalue weighted by atomic mass is 14.1. The van der Waals surface area contributed by atoms with Crippen molar-refractivity contribution in [3.63, 3.8) is 0 Å². The Labute approximate surface area is 87.0 Å². The molecule has 0 aromatic heterocycles. The highest BCUT2D eigenvalue weighted by molar-refractivity contribution is 5.47. The molecule has 14 heavy (non-hydrogen) atoms. The Bertz CT molecular complexity index is 322. The zero-order chi connectivity index (χ0) is 10.4. The summed E-state index contributed by atoms with van der Waals surface area (Å²) in [5.74, 6) is 0. The Morgan fingerprint density at radius 2 is 2.29 bits per heavy atom. The van der Waals surface area contributed by atoms with Crippen LogP contribution in [0.15, 0.2) is 59.8 Å². The third kappa shape index (κ3) is 2.59. The predicted octanol–water partition coefficient (Wildman–Crippen LogP) is 4.34. The van der Waals surface area contributed by atoms with Gasteiger partial charge >= 0.3 is 0 Å². The lowest BCUT2D eigenvalue weighted by Crippen LogP contribution is -1.92. The topological polar surface area (TPSA) is 0 Å². The quantitative estimate of drug-likeness (QED) is 0.575. The molecule has 0 amide bonds. The van der Waals surface area contributed by atoms with Gasteiger partial charge in [-0.15, -0.1) is 0 Å². The van der Waals surface area contributed by atoms with E-state index in [1.807, 2.05) is 13.0 Å². The fraction of sp³-hybridized carbons (Fsp3) is 0.286. The Morgan fingerprint density at radius 1 is 1.50 bits per heavy atom. The zero-order valence-electron chi connectivity index (χ0n) is 9.09. The van der Waals surface area contributed by atoms with Gasteiger partial charge in [-0.2, -0.15) is 0 Å². The second-order valence-electron chi connectivity index (χ2n) is 3.46. The van der Waals surface area contributed by atoms with Crippen LogP contribution in [-0.4, -0.2) is 0 Å². The predicted molar refractivity (Wildman–Crippen MR) is 64.2 cm³/mol. The molecule has 0 spiro atoms. The first-order valence-electron chi connectivity index (χ1n) is 5.11. The average molecular weight is 186 g/mol. The van der Waals surface area contributed by atoms with Gasteiger partial charge in [0.05, 0.1) is 0 Å². The smallest absolute Gasteiger partial charge is 0.0201 e. The lowest BCUT2D eigenvalue weighted by Gasteiger charge is -2.12. The van der Waals surface area contributed by atoms with Gasteiger partial charge in [0, 0.05) is 0 Å². The molecule has 0 aliphatic heterocycles. The van der Waals surface area contributed by atoms with Crippen molar-refractivity contribution in [2.75, 3.05) is 0 Å². The second kappa shape index (κ2) is 5.43. The molecule has 0 heteroatoms. The van der Waals surface area contributed by atoms with E-state index >= 15 is 0 Å². The molecule has 0 bridgehead atoms. The molecule has 0 N–H and O–H groups in total. The first-order valence-corrected chi connectivity index (χ1v) is 5.11. The summed E-state index contributed by atoms with van der Waals surface area (Å²) in [5.41, 5.74) is 3.98. The van der Waals surface area contributed by atoms with Gasteiger partial charge in [0.2, 0.25) is 0 Å². The van der Waals surface area contributed by atoms with E-state index in [0.29, 0.717) is 0 Å². The molecular formula is C14H18. The third-order valence-electron chi connectivity index (χ3n) is 2.41. The van der Waals surface area contributed by atoms with Crippen molar-refractivity contribution in [1.29, 1.82) is 0 Å². The average Bonchev–Trinajstić information content (AvgIpc) is 2.21. The van der Waals surface area contributed by atoms with Crippen molar-refractivity contribution in [3.05, 3.63) is 59.8 Å². The summed E-state index contributed by atoms with van der Waals surface area (Å²) in [7, 11) is 0. The Morgan fingerprint density at radius 3 is 2.79 bits per heavy atom. The molecule has 0 nitrogen and oxygen atoms in total. The van der Waals surface area contributed by atoms with E-state index in [1.54, 1.807) is 0 Å². The summed E-state index contributed by atoms with van der Waals surface area (Å²) in [6.45, 7) is 8.06. The second-order valence-corrected chi connectivity index (χ2v) is 3.46. The van der Waals surface area contributed by atoms with Crippen LogP contribution in [0.3, 0.4) is 0 Å². The Hall–Kier alpha value is -1.30. The Kier molecular flexibility index (Phi) is 4.18. The fourth-order valence-electron chi connectivity index (χ4n) is 1.71. The van der Waals surface area contributed by atoms with Crippen LogP contribution in [0.5, 0.6) is 0 Å². The van der Waals surface area contributed by atoms with Crippen molar-refractivity contribution < 1.29 is 0 Å². The SMILES string of the molecule is C=C/C(C1=CC=CCC1)=C(C)\C=C/C. The van der Waals surface area contributed by atoms with Crippen LogP contribution in [0, 0.1) is 0 Å². The van der Waals surface area contributed by atoms with Crippen LogP contribution in [-0.2, 0) is 0 Å². The molecule has 0 radical (unpaired) electrons. The molecule has 0 fully saturated rings. The summed E-state index contributed by atoms with van der Waals surface area (Å²) in [6.07, 6.45) is 15.0. The van der Waals surface area contributed by atoms with Gasteiger partial charge in [-0.3, -0.25) is 0 Å². The van der Waals surface area contributed by atoms with Crippen LogP contribution in [0.4, 0.5) is 0 Å². The van der Waals surface area contributed by atoms with Crippen LogP contribution in [0.1, 0.15) is 26.7 Å². The standard InChI is InChI=1S/C14H18/c1-4-9-12(3)14(5-2)13-10-7-6-8-11-13/h4-7,9-10H,2,8,11H2,1,3H3/b9-4-,14-12+. The van der Waals surface area contributed by atoms with Gasteiger partial charge < -0.3 is 0 Å². The molecule has 1 rings (SSSR count). The van der Waals surface area contributed by atoms with Crippen LogP contribution >= 0.6 is 0 Å². The van der Waals surface area contributed by atoms with E-state index in [0.717, 1.165) is 12.8 Å². The minimum atomic E-state index is 1.13. The Balaban J connectivity index is 3.01. The maximum atomic E-state index is 3.88. The van der Waals surface area contributed by atoms with E-state index in [4.69, 9.17) is 0 Å². The zero-order valence-corrected chi connectivity index (χ0v) is 9.09. The molecule has 0 heterocycles. The largest absolute Gasteiger partial charge is 0.0985 e. The molecular weight excluding hydrogens is 168 g/mol. The van der Waals surface area contributed by atoms with Gasteiger partial charge in [-0.25, -0.2) is 0 Å². The summed E-state index contributed by atoms with van der Waals surface area (Å²) < 4.78 is 0. The van der Waals surface area contributed by atoms with Crippen LogP contribution < -0.4 is 0 Å². The lowest BCUT2D eigenvalue weighted by molar-refractivity contribution is 0.974. The first-order chi connectivity index (χ1) is 6.79. The maximum absolute atomic E-state index is 3.88. The van der Waals surface area contributed by atoms with Gasteiger partial charge in [0.15, 0.2) is 0 Å². The molecule has 0 unspecified atom stereocenters. The number of hydrogen-bond acceptors (Lipinski definition) is 0. The van der Waals surface area contributed by atoms with Crippen LogP contribution in [0.25, 0.3) is 0 Å². The fourth-order valence-corrected chi connectivity index (χ4v) is 1.71. The molecule has 1 aliphatic carbocycles. The van der Waals surface area contributed by atoms with Crippen molar-refractivity contribution in [1.82, 2.24) is 0 Å². The maximum Gasteiger partial charge on any atom is -0.0201 e. The highest BCUT2D eigenvalue weighted by Gasteiger charge is 2.04. The summed E-state index contributed by atoms with van der Waals surface area (Å²) >= 11 is 0. The number of allylic oxidation sites excluding steroid dienone is 9. The molecule has 0 atom stereocenters. The lowest BCUT2D eigenvalue weighted by atomic mass is 9.94. The van der Waals surface area contributed by atoms with E-state index in [1.165, 1.54) is 16.7 Å². The number of rotatable bonds is 3. The van der Waals surface area contributed by atoms with Crippen molar-refractivity contribution in [2.24, 2.45) is 0 Å². The minimum absolute atomic E-state index is 1.13. The van der Waals surface area contributed by atoms with E-state index in [9.17, 15) is 0 Å². The van der Waals surface area contributed by atoms with Crippen LogP contribution in [0.2, 0.25) is 0 Å². The van der Waals surface area contributed by atoms with Gasteiger partial charge in [0.25, 0.3) is 0 Å². The molecule has 0 saturated heterocycles. The minimum Gasteiger partial charge on any atom is -0.0985 e. The first kappa shape index (κ1) is 10.8. The highest BCUT2D eigenvalue weighted by Crippen LogP contribution is 2.24. The molecule has 1 aliphatic rings. The summed E-state index contributed by atoms with van der Waals surface area (Å²) in [6, 6.07) is 0. The van der Waals surface area contributed by atoms with Crippen molar-refractivity contribution >= 4 is 0 Å². The van der Waals surface area contributed by atoms with Crippen molar-refractivity contribution in [3.8, 4) is 0 Å². The monoisotopic (exact) mass is 186 g/mol. The van der Waals surface area contributed by atoms with Gasteiger partial charge in [-0.1, -0.05) is 43.0 Å². The summed E-state index contributed by atoms with van der Waals surface area (Å²) in [4.78, 5) is 0. The van der Waals surface area contributed by atoms with E-state index in [2.05, 4.69) is 43.9 Å². The molecule has 0 aromatic carbocycles. The van der Waals surface area contributed by atoms with Gasteiger partial charge in [-0.05, 0) is 43.4 Å². The number of hydrogen-bond donors (Lipinski definition) is 0.